The largest absolute Gasteiger partial charge is 0.491 e. The number of aromatic nitrogens is 3. The minimum absolute atomic E-state index is 0.0000808. The van der Waals surface area contributed by atoms with Crippen LogP contribution in [0.4, 0.5) is 0 Å². The molecule has 0 spiro atoms. The summed E-state index contributed by atoms with van der Waals surface area (Å²) in [4.78, 5) is 0. The van der Waals surface area contributed by atoms with Gasteiger partial charge in [0.05, 0.1) is 17.8 Å². The molecule has 0 saturated carbocycles. The third-order valence-corrected chi connectivity index (χ3v) is 3.52. The van der Waals surface area contributed by atoms with E-state index < -0.39 is 0 Å². The highest BCUT2D eigenvalue weighted by Crippen LogP contribution is 2.28. The van der Waals surface area contributed by atoms with Gasteiger partial charge in [0.25, 0.3) is 0 Å². The summed E-state index contributed by atoms with van der Waals surface area (Å²) in [5.41, 5.74) is 2.09. The molecular formula is C14H19BrN4O. The lowest BCUT2D eigenvalue weighted by Gasteiger charge is -2.18. The van der Waals surface area contributed by atoms with Crippen molar-refractivity contribution in [2.75, 3.05) is 7.05 Å². The smallest absolute Gasteiger partial charge is 0.153 e. The Morgan fingerprint density at radius 3 is 2.65 bits per heavy atom. The van der Waals surface area contributed by atoms with Crippen LogP contribution >= 0.6 is 15.9 Å². The summed E-state index contributed by atoms with van der Waals surface area (Å²) in [6.07, 6.45) is 0.156. The van der Waals surface area contributed by atoms with Crippen LogP contribution in [0, 0.1) is 0 Å². The number of nitrogens with zero attached hydrogens (tertiary/aromatic N) is 3. The molecule has 2 aromatic rings. The summed E-state index contributed by atoms with van der Waals surface area (Å²) in [5.74, 6) is 0.865. The van der Waals surface area contributed by atoms with E-state index in [9.17, 15) is 0 Å². The van der Waals surface area contributed by atoms with E-state index in [0.717, 1.165) is 21.6 Å². The van der Waals surface area contributed by atoms with Gasteiger partial charge in [-0.3, -0.25) is 0 Å². The van der Waals surface area contributed by atoms with Crippen LogP contribution in [0.3, 0.4) is 0 Å². The lowest BCUT2D eigenvalue weighted by molar-refractivity contribution is 0.242. The van der Waals surface area contributed by atoms with Gasteiger partial charge in [0.2, 0.25) is 0 Å². The first kappa shape index (κ1) is 15.0. The van der Waals surface area contributed by atoms with Crippen molar-refractivity contribution >= 4 is 15.9 Å². The van der Waals surface area contributed by atoms with E-state index in [4.69, 9.17) is 4.74 Å². The summed E-state index contributed by atoms with van der Waals surface area (Å²) in [6.45, 7) is 4.04. The maximum absolute atomic E-state index is 5.75. The number of nitrogens with one attached hydrogen (secondary N) is 1. The van der Waals surface area contributed by atoms with Crippen molar-refractivity contribution in [3.8, 4) is 5.75 Å². The summed E-state index contributed by atoms with van der Waals surface area (Å²) in [7, 11) is 3.80. The molecule has 2 rings (SSSR count). The van der Waals surface area contributed by atoms with Crippen LogP contribution in [0.15, 0.2) is 28.9 Å². The van der Waals surface area contributed by atoms with E-state index >= 15 is 0 Å². The molecular weight excluding hydrogens is 320 g/mol. The van der Waals surface area contributed by atoms with Crippen molar-refractivity contribution < 1.29 is 4.74 Å². The number of ether oxygens (including phenoxy) is 1. The van der Waals surface area contributed by atoms with E-state index in [0.29, 0.717) is 0 Å². The Labute approximate surface area is 127 Å². The molecule has 1 atom stereocenters. The quantitative estimate of drug-likeness (QED) is 0.910. The van der Waals surface area contributed by atoms with E-state index in [-0.39, 0.29) is 12.1 Å². The summed E-state index contributed by atoms with van der Waals surface area (Å²) >= 11 is 3.45. The average Bonchev–Trinajstić information content (AvgIpc) is 2.71. The first-order chi connectivity index (χ1) is 9.52. The monoisotopic (exact) mass is 338 g/mol. The Hall–Kier alpha value is -1.40. The Morgan fingerprint density at radius 2 is 2.10 bits per heavy atom. The first-order valence-electron chi connectivity index (χ1n) is 6.52. The molecule has 0 radical (unpaired) electrons. The minimum atomic E-state index is 0.0000808. The summed E-state index contributed by atoms with van der Waals surface area (Å²) < 4.78 is 8.26. The van der Waals surface area contributed by atoms with Crippen molar-refractivity contribution in [1.29, 1.82) is 0 Å². The number of aryl methyl sites for hydroxylation is 1. The molecule has 0 fully saturated rings. The van der Waals surface area contributed by atoms with Crippen molar-refractivity contribution in [2.24, 2.45) is 7.05 Å². The lowest BCUT2D eigenvalue weighted by Crippen LogP contribution is -2.21. The predicted octanol–water partition coefficient (Wildman–Crippen LogP) is 2.67. The standard InChI is InChI=1S/C14H19BrN4O/c1-9(2)20-11-7-5-6-10(8-11)12(16-3)13-14(15)17-18-19(13)4/h5-9,12,16H,1-4H3. The third-order valence-electron chi connectivity index (χ3n) is 2.95. The fraction of sp³-hybridized carbons (Fsp3) is 0.429. The Morgan fingerprint density at radius 1 is 1.35 bits per heavy atom. The number of hydrogen-bond donors (Lipinski definition) is 1. The maximum atomic E-state index is 5.75. The van der Waals surface area contributed by atoms with Crippen molar-refractivity contribution in [1.82, 2.24) is 20.3 Å². The van der Waals surface area contributed by atoms with Crippen LogP contribution in [0.5, 0.6) is 5.75 Å². The molecule has 5 nitrogen and oxygen atoms in total. The van der Waals surface area contributed by atoms with Gasteiger partial charge in [-0.25, -0.2) is 4.68 Å². The van der Waals surface area contributed by atoms with Gasteiger partial charge in [-0.05, 0) is 54.5 Å². The second kappa shape index (κ2) is 6.37. The fourth-order valence-electron chi connectivity index (χ4n) is 2.15. The van der Waals surface area contributed by atoms with Gasteiger partial charge in [0.15, 0.2) is 4.60 Å². The molecule has 1 unspecified atom stereocenters. The van der Waals surface area contributed by atoms with Crippen LogP contribution in [0.1, 0.15) is 31.1 Å². The molecule has 1 aromatic heterocycles. The van der Waals surface area contributed by atoms with Gasteiger partial charge in [0.1, 0.15) is 5.75 Å². The molecule has 108 valence electrons. The van der Waals surface area contributed by atoms with E-state index in [1.165, 1.54) is 0 Å². The highest BCUT2D eigenvalue weighted by molar-refractivity contribution is 9.10. The van der Waals surface area contributed by atoms with Crippen molar-refractivity contribution in [3.05, 3.63) is 40.1 Å². The van der Waals surface area contributed by atoms with Gasteiger partial charge >= 0.3 is 0 Å². The highest BCUT2D eigenvalue weighted by Gasteiger charge is 2.20. The molecule has 0 amide bonds. The molecule has 0 aliphatic rings. The average molecular weight is 339 g/mol. The van der Waals surface area contributed by atoms with Gasteiger partial charge in [-0.15, -0.1) is 5.10 Å². The van der Waals surface area contributed by atoms with Gasteiger partial charge in [-0.1, -0.05) is 17.3 Å². The molecule has 0 saturated heterocycles. The van der Waals surface area contributed by atoms with Gasteiger partial charge in [0, 0.05) is 7.05 Å². The second-order valence-corrected chi connectivity index (χ2v) is 5.60. The predicted molar refractivity (Wildman–Crippen MR) is 81.8 cm³/mol. The molecule has 6 heteroatoms. The second-order valence-electron chi connectivity index (χ2n) is 4.85. The summed E-state index contributed by atoms with van der Waals surface area (Å²) in [6, 6.07) is 8.07. The molecule has 20 heavy (non-hydrogen) atoms. The zero-order valence-electron chi connectivity index (χ0n) is 12.1. The topological polar surface area (TPSA) is 52.0 Å². The van der Waals surface area contributed by atoms with Crippen LogP contribution in [-0.4, -0.2) is 28.1 Å². The molecule has 1 aromatic carbocycles. The maximum Gasteiger partial charge on any atom is 0.153 e. The Balaban J connectivity index is 2.37. The van der Waals surface area contributed by atoms with Gasteiger partial charge < -0.3 is 10.1 Å². The zero-order chi connectivity index (χ0) is 14.7. The summed E-state index contributed by atoms with van der Waals surface area (Å²) in [5, 5.41) is 11.4. The first-order valence-corrected chi connectivity index (χ1v) is 7.31. The molecule has 0 aliphatic heterocycles. The molecule has 0 aliphatic carbocycles. The van der Waals surface area contributed by atoms with E-state index in [1.807, 2.05) is 46.1 Å². The number of rotatable bonds is 5. The lowest BCUT2D eigenvalue weighted by atomic mass is 10.0. The number of hydrogen-bond acceptors (Lipinski definition) is 4. The Bertz CT molecular complexity index is 563. The zero-order valence-corrected chi connectivity index (χ0v) is 13.7. The minimum Gasteiger partial charge on any atom is -0.491 e. The van der Waals surface area contributed by atoms with Crippen LogP contribution in [0.25, 0.3) is 0 Å². The van der Waals surface area contributed by atoms with E-state index in [2.05, 4.69) is 37.6 Å². The van der Waals surface area contributed by atoms with Crippen molar-refractivity contribution in [2.45, 2.75) is 26.0 Å². The molecule has 1 heterocycles. The van der Waals surface area contributed by atoms with E-state index in [1.54, 1.807) is 4.68 Å². The Kier molecular flexibility index (Phi) is 4.77. The molecule has 0 bridgehead atoms. The number of benzene rings is 1. The highest BCUT2D eigenvalue weighted by atomic mass is 79.9. The van der Waals surface area contributed by atoms with Crippen LogP contribution < -0.4 is 10.1 Å². The number of halogens is 1. The normalized spacial score (nSPS) is 12.7. The fourth-order valence-corrected chi connectivity index (χ4v) is 2.70. The third kappa shape index (κ3) is 3.19. The van der Waals surface area contributed by atoms with Crippen molar-refractivity contribution in [3.63, 3.8) is 0 Å². The van der Waals surface area contributed by atoms with Gasteiger partial charge in [-0.2, -0.15) is 0 Å². The molecule has 1 N–H and O–H groups in total. The SMILES string of the molecule is CNC(c1cccc(OC(C)C)c1)c1c(Br)nnn1C. The van der Waals surface area contributed by atoms with Crippen LogP contribution in [0.2, 0.25) is 0 Å². The van der Waals surface area contributed by atoms with Crippen LogP contribution in [-0.2, 0) is 7.05 Å².